The highest BCUT2D eigenvalue weighted by molar-refractivity contribution is 5.94. The standard InChI is InChI=1S/C43H42N6O6/c1-25-7-6-20-49(25)41-39(45-34-17-12-29(43(52)53)23-36(34)47-41)27-13-18-37(55-3)32(21-27)30-8-4-5-19-48(24-30)40-38(26-9-14-31(54-2)15-10-26)44-33-16-11-28(42(50)51)22-35(33)46-40/h9-18,21-23,25,30H,4-8,19-20,24H2,1-3H3,(H,50,51)(H,52,53). The first-order valence-corrected chi connectivity index (χ1v) is 18.6. The number of carboxylic acid groups (broad SMARTS) is 2. The third-order valence-electron chi connectivity index (χ3n) is 10.9. The molecule has 4 heterocycles. The van der Waals surface area contributed by atoms with Crippen molar-refractivity contribution in [2.45, 2.75) is 51.0 Å². The van der Waals surface area contributed by atoms with Crippen molar-refractivity contribution in [3.05, 3.63) is 95.6 Å². The summed E-state index contributed by atoms with van der Waals surface area (Å²) in [7, 11) is 3.32. The van der Waals surface area contributed by atoms with E-state index in [-0.39, 0.29) is 23.1 Å². The van der Waals surface area contributed by atoms with Gasteiger partial charge in [-0.05, 0) is 117 Å². The van der Waals surface area contributed by atoms with Gasteiger partial charge in [0.05, 0.1) is 47.4 Å². The van der Waals surface area contributed by atoms with Gasteiger partial charge in [0.1, 0.15) is 22.9 Å². The number of hydrogen-bond acceptors (Lipinski definition) is 10. The number of carboxylic acids is 2. The third kappa shape index (κ3) is 6.95. The Morgan fingerprint density at radius 2 is 1.29 bits per heavy atom. The van der Waals surface area contributed by atoms with Crippen LogP contribution < -0.4 is 19.3 Å². The van der Waals surface area contributed by atoms with Crippen molar-refractivity contribution in [3.63, 3.8) is 0 Å². The van der Waals surface area contributed by atoms with Crippen LogP contribution in [0.1, 0.15) is 71.2 Å². The first kappa shape index (κ1) is 35.7. The zero-order valence-electron chi connectivity index (χ0n) is 31.0. The lowest BCUT2D eigenvalue weighted by Gasteiger charge is -2.29. The summed E-state index contributed by atoms with van der Waals surface area (Å²) in [5, 5.41) is 19.4. The molecule has 2 unspecified atom stereocenters. The molecule has 0 spiro atoms. The Bertz CT molecular complexity index is 2440. The normalized spacial score (nSPS) is 17.4. The maximum Gasteiger partial charge on any atom is 0.335 e. The van der Waals surface area contributed by atoms with Crippen LogP contribution in [-0.4, -0.2) is 82.0 Å². The maximum absolute atomic E-state index is 11.9. The molecule has 2 aromatic heterocycles. The molecule has 55 heavy (non-hydrogen) atoms. The van der Waals surface area contributed by atoms with Crippen LogP contribution in [0.15, 0.2) is 78.9 Å². The van der Waals surface area contributed by atoms with E-state index in [1.807, 2.05) is 36.4 Å². The van der Waals surface area contributed by atoms with Crippen molar-refractivity contribution in [2.24, 2.45) is 0 Å². The van der Waals surface area contributed by atoms with Crippen LogP contribution in [-0.2, 0) is 0 Å². The van der Waals surface area contributed by atoms with Gasteiger partial charge in [0, 0.05) is 42.7 Å². The van der Waals surface area contributed by atoms with Crippen molar-refractivity contribution in [3.8, 4) is 34.0 Å². The molecule has 6 aromatic rings. The van der Waals surface area contributed by atoms with E-state index in [1.165, 1.54) is 0 Å². The number of anilines is 2. The molecule has 0 aliphatic carbocycles. The summed E-state index contributed by atoms with van der Waals surface area (Å²) < 4.78 is 11.4. The molecule has 12 heteroatoms. The maximum atomic E-state index is 11.9. The van der Waals surface area contributed by atoms with Gasteiger partial charge < -0.3 is 29.5 Å². The first-order valence-electron chi connectivity index (χ1n) is 18.6. The molecule has 2 fully saturated rings. The van der Waals surface area contributed by atoms with Gasteiger partial charge in [-0.1, -0.05) is 6.42 Å². The van der Waals surface area contributed by atoms with E-state index in [9.17, 15) is 19.8 Å². The fourth-order valence-electron chi connectivity index (χ4n) is 7.95. The summed E-state index contributed by atoms with van der Waals surface area (Å²) in [4.78, 5) is 48.7. The number of methoxy groups -OCH3 is 2. The molecule has 2 saturated heterocycles. The molecular formula is C43H42N6O6. The smallest absolute Gasteiger partial charge is 0.335 e. The molecule has 4 aromatic carbocycles. The summed E-state index contributed by atoms with van der Waals surface area (Å²) in [6, 6.07) is 23.9. The van der Waals surface area contributed by atoms with Crippen molar-refractivity contribution in [1.29, 1.82) is 0 Å². The van der Waals surface area contributed by atoms with Gasteiger partial charge in [0.15, 0.2) is 11.6 Å². The fraction of sp³-hybridized carbons (Fsp3) is 0.302. The van der Waals surface area contributed by atoms with E-state index < -0.39 is 11.9 Å². The van der Waals surface area contributed by atoms with Gasteiger partial charge >= 0.3 is 11.9 Å². The lowest BCUT2D eigenvalue weighted by Crippen LogP contribution is -2.29. The molecular weight excluding hydrogens is 697 g/mol. The molecule has 0 radical (unpaired) electrons. The Labute approximate surface area is 318 Å². The zero-order valence-corrected chi connectivity index (χ0v) is 31.0. The monoisotopic (exact) mass is 738 g/mol. The Morgan fingerprint density at radius 1 is 0.655 bits per heavy atom. The summed E-state index contributed by atoms with van der Waals surface area (Å²) in [6.45, 7) is 4.39. The number of benzene rings is 4. The van der Waals surface area contributed by atoms with Crippen molar-refractivity contribution in [2.75, 3.05) is 43.7 Å². The minimum absolute atomic E-state index is 0.0460. The number of ether oxygens (including phenoxy) is 2. The number of fused-ring (bicyclic) bond motifs is 2. The minimum Gasteiger partial charge on any atom is -0.497 e. The number of rotatable bonds is 9. The van der Waals surface area contributed by atoms with Gasteiger partial charge in [-0.2, -0.15) is 0 Å². The highest BCUT2D eigenvalue weighted by atomic mass is 16.5. The van der Waals surface area contributed by atoms with Crippen LogP contribution in [0.2, 0.25) is 0 Å². The van der Waals surface area contributed by atoms with Gasteiger partial charge in [-0.3, -0.25) is 0 Å². The van der Waals surface area contributed by atoms with Crippen LogP contribution in [0.3, 0.4) is 0 Å². The number of aromatic carboxylic acids is 2. The van der Waals surface area contributed by atoms with Crippen molar-refractivity contribution < 1.29 is 29.3 Å². The van der Waals surface area contributed by atoms with Gasteiger partial charge in [-0.15, -0.1) is 0 Å². The minimum atomic E-state index is -1.02. The van der Waals surface area contributed by atoms with E-state index in [2.05, 4.69) is 22.8 Å². The molecule has 2 aliphatic rings. The third-order valence-corrected chi connectivity index (χ3v) is 10.9. The molecule has 0 bridgehead atoms. The van der Waals surface area contributed by atoms with Crippen LogP contribution in [0.4, 0.5) is 11.6 Å². The molecule has 0 saturated carbocycles. The van der Waals surface area contributed by atoms with Crippen LogP contribution in [0.5, 0.6) is 11.5 Å². The second-order valence-electron chi connectivity index (χ2n) is 14.3. The van der Waals surface area contributed by atoms with E-state index in [0.29, 0.717) is 40.1 Å². The predicted molar refractivity (Wildman–Crippen MR) is 212 cm³/mol. The van der Waals surface area contributed by atoms with E-state index in [4.69, 9.17) is 29.4 Å². The zero-order chi connectivity index (χ0) is 38.2. The van der Waals surface area contributed by atoms with E-state index in [0.717, 1.165) is 84.9 Å². The van der Waals surface area contributed by atoms with Gasteiger partial charge in [-0.25, -0.2) is 29.5 Å². The fourth-order valence-corrected chi connectivity index (χ4v) is 7.95. The lowest BCUT2D eigenvalue weighted by molar-refractivity contribution is 0.0686. The molecule has 2 N–H and O–H groups in total. The highest BCUT2D eigenvalue weighted by Gasteiger charge is 2.29. The Kier molecular flexibility index (Phi) is 9.64. The quantitative estimate of drug-likeness (QED) is 0.148. The summed E-state index contributed by atoms with van der Waals surface area (Å²) in [6.07, 6.45) is 4.90. The van der Waals surface area contributed by atoms with Gasteiger partial charge in [0.25, 0.3) is 0 Å². The Hall–Kier alpha value is -6.30. The number of carbonyl (C=O) groups is 2. The van der Waals surface area contributed by atoms with Crippen LogP contribution in [0.25, 0.3) is 44.6 Å². The SMILES string of the molecule is COc1ccc(-c2nc3ccc(C(=O)O)cc3nc2N2CCCCC(c3cc(-c4nc5ccc(C(=O)O)cc5nc4N4CCCC4C)ccc3OC)C2)cc1. The molecule has 12 nitrogen and oxygen atoms in total. The molecule has 280 valence electrons. The Morgan fingerprint density at radius 3 is 1.89 bits per heavy atom. The summed E-state index contributed by atoms with van der Waals surface area (Å²) >= 11 is 0. The largest absolute Gasteiger partial charge is 0.497 e. The molecule has 2 aliphatic heterocycles. The number of nitrogens with zero attached hydrogens (tertiary/aromatic N) is 6. The average molecular weight is 739 g/mol. The first-order chi connectivity index (χ1) is 26.7. The molecule has 2 atom stereocenters. The van der Waals surface area contributed by atoms with Crippen LogP contribution >= 0.6 is 0 Å². The Balaban J connectivity index is 1.23. The second-order valence-corrected chi connectivity index (χ2v) is 14.3. The van der Waals surface area contributed by atoms with E-state index in [1.54, 1.807) is 50.6 Å². The van der Waals surface area contributed by atoms with Crippen LogP contribution in [0, 0.1) is 0 Å². The highest BCUT2D eigenvalue weighted by Crippen LogP contribution is 2.41. The second kappa shape index (κ2) is 14.8. The van der Waals surface area contributed by atoms with Gasteiger partial charge in [0.2, 0.25) is 0 Å². The molecule has 0 amide bonds. The van der Waals surface area contributed by atoms with Crippen molar-refractivity contribution in [1.82, 2.24) is 19.9 Å². The number of aromatic nitrogens is 4. The van der Waals surface area contributed by atoms with E-state index >= 15 is 0 Å². The predicted octanol–water partition coefficient (Wildman–Crippen LogP) is 8.08. The lowest BCUT2D eigenvalue weighted by atomic mass is 9.91. The number of hydrogen-bond donors (Lipinski definition) is 2. The summed E-state index contributed by atoms with van der Waals surface area (Å²) in [5.41, 5.74) is 6.91. The summed E-state index contributed by atoms with van der Waals surface area (Å²) in [5.74, 6) is 0.966. The average Bonchev–Trinajstić information content (AvgIpc) is 3.49. The van der Waals surface area contributed by atoms with Crippen molar-refractivity contribution >= 4 is 45.6 Å². The molecule has 8 rings (SSSR count). The topological polar surface area (TPSA) is 151 Å².